The molecule has 10 rings (SSSR count). The lowest BCUT2D eigenvalue weighted by Crippen LogP contribution is -2.57. The molecule has 0 radical (unpaired) electrons. The molecule has 0 spiro atoms. The Hall–Kier alpha value is -7.37. The van der Waals surface area contributed by atoms with E-state index in [0.29, 0.717) is 76.2 Å². The highest BCUT2D eigenvalue weighted by molar-refractivity contribution is 7.99. The molecule has 3 saturated heterocycles. The molecule has 28 heteroatoms. The fourth-order valence-corrected chi connectivity index (χ4v) is 18.0. The highest BCUT2D eigenvalue weighted by atomic mass is 35.5. The molecule has 566 valence electrons. The van der Waals surface area contributed by atoms with Crippen molar-refractivity contribution in [1.29, 1.82) is 0 Å². The number of unbranched alkanes of at least 4 members (excludes halogenated alkanes) is 1. The predicted octanol–water partition coefficient (Wildman–Crippen LogP) is 12.4. The summed E-state index contributed by atoms with van der Waals surface area (Å²) < 4.78 is 101. The lowest BCUT2D eigenvalue weighted by Gasteiger charge is -2.39. The van der Waals surface area contributed by atoms with Crippen molar-refractivity contribution in [3.8, 4) is 10.4 Å². The molecule has 5 N–H and O–H groups in total. The third-order valence-corrected chi connectivity index (χ3v) is 25.4. The number of hydrogen-bond donors (Lipinski definition) is 5. The Morgan fingerprint density at radius 3 is 2.14 bits per heavy atom. The molecule has 3 aliphatic heterocycles. The van der Waals surface area contributed by atoms with Crippen LogP contribution in [-0.2, 0) is 39.0 Å². The molecule has 1 aliphatic carbocycles. The van der Waals surface area contributed by atoms with E-state index in [1.165, 1.54) is 45.5 Å². The van der Waals surface area contributed by atoms with Gasteiger partial charge in [-0.15, -0.1) is 23.1 Å². The highest BCUT2D eigenvalue weighted by Crippen LogP contribution is 2.44. The van der Waals surface area contributed by atoms with Crippen LogP contribution in [0, 0.1) is 17.8 Å². The van der Waals surface area contributed by atoms with Crippen molar-refractivity contribution in [2.45, 2.75) is 163 Å². The highest BCUT2D eigenvalue weighted by Gasteiger charge is 2.49. The number of aryl methyl sites for hydroxylation is 1. The summed E-state index contributed by atoms with van der Waals surface area (Å²) in [5, 5.41) is 20.4. The first-order chi connectivity index (χ1) is 49.7. The molecule has 0 bridgehead atoms. The van der Waals surface area contributed by atoms with E-state index in [0.717, 1.165) is 83.3 Å². The van der Waals surface area contributed by atoms with E-state index >= 15 is 0 Å². The van der Waals surface area contributed by atoms with Crippen LogP contribution in [0.25, 0.3) is 16.0 Å². The number of piperazine rings is 1. The van der Waals surface area contributed by atoms with Crippen LogP contribution in [0.3, 0.4) is 0 Å². The van der Waals surface area contributed by atoms with Gasteiger partial charge in [0.05, 0.1) is 38.8 Å². The third-order valence-electron chi connectivity index (χ3n) is 20.1. The second-order valence-corrected chi connectivity index (χ2v) is 35.7. The van der Waals surface area contributed by atoms with Gasteiger partial charge in [-0.1, -0.05) is 106 Å². The minimum Gasteiger partial charge on any atom is -0.391 e. The number of aliphatic hydroxyl groups is 1. The van der Waals surface area contributed by atoms with Crippen LogP contribution < -0.4 is 25.6 Å². The van der Waals surface area contributed by atoms with Crippen molar-refractivity contribution in [1.82, 2.24) is 39.9 Å². The molecule has 3 fully saturated rings. The van der Waals surface area contributed by atoms with E-state index < -0.39 is 100 Å². The van der Waals surface area contributed by atoms with Crippen molar-refractivity contribution in [2.75, 3.05) is 88.0 Å². The zero-order chi connectivity index (χ0) is 75.6. The number of nitrogens with one attached hydrogen (secondary N) is 4. The van der Waals surface area contributed by atoms with Crippen molar-refractivity contribution in [3.63, 3.8) is 0 Å². The summed E-state index contributed by atoms with van der Waals surface area (Å²) >= 11 is 9.16. The van der Waals surface area contributed by atoms with Gasteiger partial charge < -0.3 is 40.7 Å². The number of hydrogen-bond acceptors (Lipinski definition) is 17. The summed E-state index contributed by atoms with van der Waals surface area (Å²) in [6.45, 7) is 19.8. The number of benzene rings is 5. The zero-order valence-electron chi connectivity index (χ0n) is 60.5. The summed E-state index contributed by atoms with van der Waals surface area (Å²) in [6, 6.07) is 30.7. The maximum Gasteiger partial charge on any atom is 0.501 e. The van der Waals surface area contributed by atoms with Crippen LogP contribution in [0.15, 0.2) is 147 Å². The Balaban J connectivity index is 0.709. The largest absolute Gasteiger partial charge is 0.501 e. The Bertz CT molecular complexity index is 4310. The molecule has 5 amide bonds. The average Bonchev–Trinajstić information content (AvgIpc) is 1.41. The molecule has 5 aromatic carbocycles. The van der Waals surface area contributed by atoms with Crippen LogP contribution in [0.2, 0.25) is 5.02 Å². The van der Waals surface area contributed by atoms with Crippen LogP contribution in [-0.4, -0.2) is 184 Å². The molecule has 6 aromatic rings. The van der Waals surface area contributed by atoms with Crippen molar-refractivity contribution >= 4 is 101 Å². The van der Waals surface area contributed by atoms with E-state index in [-0.39, 0.29) is 54.9 Å². The topological polar surface area (TPSA) is 251 Å². The Morgan fingerprint density at radius 1 is 0.800 bits per heavy atom. The number of halogens is 4. The number of amides is 5. The number of aromatic nitrogens is 1. The lowest BCUT2D eigenvalue weighted by atomic mass is 9.73. The smallest absolute Gasteiger partial charge is 0.391 e. The molecule has 20 nitrogen and oxygen atoms in total. The number of nitrogens with zero attached hydrogens (tertiary/aromatic N) is 6. The molecule has 1 aromatic heterocycles. The van der Waals surface area contributed by atoms with Gasteiger partial charge in [-0.3, -0.25) is 28.9 Å². The number of sulfone groups is 1. The average molecular weight is 1540 g/mol. The lowest BCUT2D eigenvalue weighted by molar-refractivity contribution is -0.144. The maximum absolute atomic E-state index is 14.6. The van der Waals surface area contributed by atoms with Crippen LogP contribution in [0.1, 0.15) is 139 Å². The summed E-state index contributed by atoms with van der Waals surface area (Å²) in [7, 11) is -11.2. The second kappa shape index (κ2) is 34.7. The zero-order valence-corrected chi connectivity index (χ0v) is 64.5. The number of anilines is 2. The molecule has 4 aliphatic rings. The first kappa shape index (κ1) is 80.2. The van der Waals surface area contributed by atoms with Gasteiger partial charge in [0, 0.05) is 118 Å². The van der Waals surface area contributed by atoms with Crippen LogP contribution >= 0.6 is 34.7 Å². The monoisotopic (exact) mass is 1540 g/mol. The van der Waals surface area contributed by atoms with E-state index in [4.69, 9.17) is 11.6 Å². The number of thiazole rings is 1. The number of sulfonamides is 1. The quantitative estimate of drug-likeness (QED) is 0.0237. The number of β-amino-alcohol motifs (C(OH)–C–C–N with tert-alkyl or cyclic N) is 1. The second-order valence-electron chi connectivity index (χ2n) is 29.7. The number of carbonyl (C=O) groups is 5. The summed E-state index contributed by atoms with van der Waals surface area (Å²) in [6.07, 6.45) is 3.96. The van der Waals surface area contributed by atoms with Gasteiger partial charge in [0.1, 0.15) is 17.0 Å². The van der Waals surface area contributed by atoms with Crippen molar-refractivity contribution < 1.29 is 59.1 Å². The molecule has 105 heavy (non-hydrogen) atoms. The number of likely N-dealkylation sites (tertiary alicyclic amines) is 1. The first-order valence-electron chi connectivity index (χ1n) is 35.8. The Kier molecular flexibility index (Phi) is 26.5. The number of alkyl halides is 3. The fourth-order valence-electron chi connectivity index (χ4n) is 14.1. The van der Waals surface area contributed by atoms with Crippen LogP contribution in [0.5, 0.6) is 0 Å². The van der Waals surface area contributed by atoms with Crippen molar-refractivity contribution in [3.05, 3.63) is 160 Å². The van der Waals surface area contributed by atoms with Gasteiger partial charge in [-0.25, -0.2) is 26.5 Å². The number of thioether (sulfide) groups is 1. The normalized spacial score (nSPS) is 18.8. The minimum atomic E-state index is -6.20. The fraction of sp³-hybridized carbons (Fsp3) is 0.481. The van der Waals surface area contributed by atoms with Gasteiger partial charge in [0.2, 0.25) is 23.6 Å². The van der Waals surface area contributed by atoms with Gasteiger partial charge >= 0.3 is 5.51 Å². The number of allylic oxidation sites excluding steroid dienone is 1. The maximum atomic E-state index is 14.6. The van der Waals surface area contributed by atoms with Gasteiger partial charge in [-0.2, -0.15) is 13.2 Å². The minimum absolute atomic E-state index is 0.0257. The summed E-state index contributed by atoms with van der Waals surface area (Å²) in [5.74, 6) is -2.23. The van der Waals surface area contributed by atoms with Crippen LogP contribution in [0.4, 0.5) is 24.5 Å². The molecule has 0 saturated carbocycles. The molecule has 4 heterocycles. The standard InChI is InChI=1S/C77H96ClF3N10O10S4/c1-51(53-18-20-55(21-19-53)70-52(2)82-50-103-70)83-73(96)66-44-61(92)48-91(66)74(97)71(75(3,4)5)85-68(93)16-11-12-17-69(94)90-36-13-35-87(38-43-90)37-33-59(49-102-62-14-9-8-10-15-62)84-65-31-30-63(45-67(65)104(98,99)77(79,80)81)105(100,101)86-72(95)56-24-28-60(29-25-56)89-41-39-88(40-42-89)47-57-46-76(6,7)34-32-64(57)54-22-26-58(78)27-23-54/h8-10,14-15,18-31,45,50-51,59,61,66,71,84,92H,11-13,16-17,32-44,46-49H2,1-7H3,(H,83,96)(H,85,93)(H,86,95)/t51-,59+,61+,66-,71+/m0/s1. The van der Waals surface area contributed by atoms with Gasteiger partial charge in [0.15, 0.2) is 0 Å². The predicted molar refractivity (Wildman–Crippen MR) is 407 cm³/mol. The number of carbonyl (C=O) groups excluding carboxylic acids is 5. The Labute approximate surface area is 628 Å². The van der Waals surface area contributed by atoms with E-state index in [1.54, 1.807) is 33.9 Å². The molecule has 5 atom stereocenters. The molecular weight excluding hydrogens is 1450 g/mol. The third kappa shape index (κ3) is 21.1. The van der Waals surface area contributed by atoms with E-state index in [2.05, 4.69) is 61.6 Å². The molecular formula is C77H96ClF3N10O10S4. The summed E-state index contributed by atoms with van der Waals surface area (Å²) in [4.78, 5) is 83.0. The molecule has 0 unspecified atom stereocenters. The Morgan fingerprint density at radius 2 is 1.48 bits per heavy atom. The number of rotatable bonds is 27. The number of aliphatic hydroxyl groups excluding tert-OH is 1. The van der Waals surface area contributed by atoms with Gasteiger partial charge in [-0.05, 0) is 165 Å². The summed E-state index contributed by atoms with van der Waals surface area (Å²) in [5.41, 5.74) is 2.44. The van der Waals surface area contributed by atoms with Crippen molar-refractivity contribution in [2.24, 2.45) is 10.8 Å². The SMILES string of the molecule is Cc1ncsc1-c1ccc([C@H](C)NC(=O)[C@@H]2C[C@@H](O)CN2C(=O)[C@@H](NC(=O)CCCCC(=O)N2CCCN(CC[C@H](CSc3ccccc3)Nc3ccc(S(=O)(=O)NC(=O)c4ccc(N5CCN(CC6=C(c7ccc(Cl)cc7)CCC(C)(C)C6)CC5)cc4)cc3S(=O)(=O)C(F)(F)F)CC2)C(C)(C)C)cc1. The van der Waals surface area contributed by atoms with Gasteiger partial charge in [0.25, 0.3) is 25.8 Å². The van der Waals surface area contributed by atoms with E-state index in [9.17, 15) is 59.1 Å². The van der Waals surface area contributed by atoms with E-state index in [1.807, 2.05) is 106 Å². The first-order valence-corrected chi connectivity index (χ1v) is 41.0.